The first kappa shape index (κ1) is 12.7. The summed E-state index contributed by atoms with van der Waals surface area (Å²) in [5, 5.41) is 0. The number of ether oxygens (including phenoxy) is 1. The zero-order valence-corrected chi connectivity index (χ0v) is 11.1. The van der Waals surface area contributed by atoms with Crippen molar-refractivity contribution in [3.05, 3.63) is 54.1 Å². The highest BCUT2D eigenvalue weighted by Gasteiger charge is 2.00. The summed E-state index contributed by atoms with van der Waals surface area (Å²) >= 11 is 0. The van der Waals surface area contributed by atoms with Gasteiger partial charge in [-0.25, -0.2) is 0 Å². The predicted octanol–water partition coefficient (Wildman–Crippen LogP) is 4.70. The van der Waals surface area contributed by atoms with Gasteiger partial charge in [0, 0.05) is 0 Å². The number of aryl methyl sites for hydroxylation is 1. The molecule has 0 saturated heterocycles. The zero-order chi connectivity index (χ0) is 12.8. The van der Waals surface area contributed by atoms with Gasteiger partial charge in [-0.15, -0.1) is 0 Å². The molecule has 0 atom stereocenters. The molecule has 0 bridgehead atoms. The van der Waals surface area contributed by atoms with E-state index in [0.29, 0.717) is 0 Å². The molecule has 0 amide bonds. The first-order chi connectivity index (χ1) is 8.83. The van der Waals surface area contributed by atoms with Gasteiger partial charge in [0.2, 0.25) is 0 Å². The van der Waals surface area contributed by atoms with Gasteiger partial charge in [-0.1, -0.05) is 49.7 Å². The molecule has 0 N–H and O–H groups in total. The Morgan fingerprint density at radius 2 is 1.72 bits per heavy atom. The lowest BCUT2D eigenvalue weighted by molar-refractivity contribution is 0.415. The molecule has 0 spiro atoms. The fraction of sp³-hybridized carbons (Fsp3) is 0.294. The molecule has 0 aliphatic carbocycles. The predicted molar refractivity (Wildman–Crippen MR) is 77.0 cm³/mol. The molecule has 0 fully saturated rings. The monoisotopic (exact) mass is 240 g/mol. The molecule has 0 unspecified atom stereocenters. The molecule has 1 nitrogen and oxygen atoms in total. The lowest BCUT2D eigenvalue weighted by atomic mass is 10.0. The van der Waals surface area contributed by atoms with E-state index >= 15 is 0 Å². The Bertz CT molecular complexity index is 485. The Morgan fingerprint density at radius 1 is 0.944 bits per heavy atom. The molecule has 2 aromatic carbocycles. The quantitative estimate of drug-likeness (QED) is 0.735. The lowest BCUT2D eigenvalue weighted by Crippen LogP contribution is -1.86. The van der Waals surface area contributed by atoms with Crippen molar-refractivity contribution in [1.82, 2.24) is 0 Å². The highest BCUT2D eigenvalue weighted by atomic mass is 16.5. The first-order valence-corrected chi connectivity index (χ1v) is 6.57. The summed E-state index contributed by atoms with van der Waals surface area (Å²) in [6, 6.07) is 17.0. The van der Waals surface area contributed by atoms with Crippen LogP contribution < -0.4 is 4.74 Å². The molecule has 0 radical (unpaired) electrons. The molecular formula is C17H20O. The van der Waals surface area contributed by atoms with E-state index in [1.165, 1.54) is 36.0 Å². The van der Waals surface area contributed by atoms with Gasteiger partial charge in [0.05, 0.1) is 7.11 Å². The third-order valence-corrected chi connectivity index (χ3v) is 3.18. The van der Waals surface area contributed by atoms with Crippen LogP contribution in [-0.4, -0.2) is 7.11 Å². The smallest absolute Gasteiger partial charge is 0.119 e. The van der Waals surface area contributed by atoms with E-state index < -0.39 is 0 Å². The van der Waals surface area contributed by atoms with Crippen molar-refractivity contribution < 1.29 is 4.74 Å². The molecule has 2 aromatic rings. The van der Waals surface area contributed by atoms with E-state index in [2.05, 4.69) is 43.3 Å². The Balaban J connectivity index is 2.17. The third kappa shape index (κ3) is 3.13. The van der Waals surface area contributed by atoms with Gasteiger partial charge >= 0.3 is 0 Å². The van der Waals surface area contributed by atoms with Gasteiger partial charge in [-0.05, 0) is 41.7 Å². The van der Waals surface area contributed by atoms with E-state index in [4.69, 9.17) is 4.74 Å². The van der Waals surface area contributed by atoms with Crippen molar-refractivity contribution >= 4 is 0 Å². The summed E-state index contributed by atoms with van der Waals surface area (Å²) in [6.07, 6.45) is 3.69. The van der Waals surface area contributed by atoms with E-state index in [-0.39, 0.29) is 0 Å². The number of unbranched alkanes of at least 4 members (excludes halogenated alkanes) is 1. The van der Waals surface area contributed by atoms with Gasteiger partial charge in [0.25, 0.3) is 0 Å². The number of benzene rings is 2. The number of hydrogen-bond acceptors (Lipinski definition) is 1. The fourth-order valence-electron chi connectivity index (χ4n) is 2.05. The maximum Gasteiger partial charge on any atom is 0.119 e. The summed E-state index contributed by atoms with van der Waals surface area (Å²) in [5.41, 5.74) is 3.87. The number of rotatable bonds is 5. The van der Waals surface area contributed by atoms with Crippen LogP contribution in [0.1, 0.15) is 25.3 Å². The van der Waals surface area contributed by atoms with Gasteiger partial charge in [0.1, 0.15) is 5.75 Å². The lowest BCUT2D eigenvalue weighted by Gasteiger charge is -2.06. The van der Waals surface area contributed by atoms with E-state index in [0.717, 1.165) is 5.75 Å². The van der Waals surface area contributed by atoms with Crippen LogP contribution >= 0.6 is 0 Å². The van der Waals surface area contributed by atoms with E-state index in [9.17, 15) is 0 Å². The van der Waals surface area contributed by atoms with Crippen molar-refractivity contribution in [2.75, 3.05) is 7.11 Å². The largest absolute Gasteiger partial charge is 0.497 e. The topological polar surface area (TPSA) is 9.23 Å². The molecule has 18 heavy (non-hydrogen) atoms. The Labute approximate surface area is 109 Å². The van der Waals surface area contributed by atoms with E-state index in [1.807, 2.05) is 12.1 Å². The van der Waals surface area contributed by atoms with Crippen molar-refractivity contribution in [3.8, 4) is 16.9 Å². The van der Waals surface area contributed by atoms with Gasteiger partial charge in [-0.3, -0.25) is 0 Å². The van der Waals surface area contributed by atoms with Crippen molar-refractivity contribution in [1.29, 1.82) is 0 Å². The average Bonchev–Trinajstić information content (AvgIpc) is 2.46. The SMILES string of the molecule is CCCCc1ccc(-c2cccc(OC)c2)cc1. The summed E-state index contributed by atoms with van der Waals surface area (Å²) in [4.78, 5) is 0. The summed E-state index contributed by atoms with van der Waals surface area (Å²) in [7, 11) is 1.70. The average molecular weight is 240 g/mol. The van der Waals surface area contributed by atoms with Crippen molar-refractivity contribution in [2.24, 2.45) is 0 Å². The van der Waals surface area contributed by atoms with Crippen LogP contribution in [0.5, 0.6) is 5.75 Å². The van der Waals surface area contributed by atoms with E-state index in [1.54, 1.807) is 7.11 Å². The summed E-state index contributed by atoms with van der Waals surface area (Å²) in [5.74, 6) is 0.905. The maximum absolute atomic E-state index is 5.25. The molecule has 0 aliphatic rings. The zero-order valence-electron chi connectivity index (χ0n) is 11.1. The van der Waals surface area contributed by atoms with Crippen LogP contribution in [0.25, 0.3) is 11.1 Å². The maximum atomic E-state index is 5.25. The molecule has 0 aromatic heterocycles. The van der Waals surface area contributed by atoms with Crippen LogP contribution in [-0.2, 0) is 6.42 Å². The molecule has 2 rings (SSSR count). The molecule has 1 heteroatoms. The van der Waals surface area contributed by atoms with Crippen molar-refractivity contribution in [2.45, 2.75) is 26.2 Å². The molecule has 94 valence electrons. The van der Waals surface area contributed by atoms with Crippen LogP contribution in [0.15, 0.2) is 48.5 Å². The standard InChI is InChI=1S/C17H20O/c1-3-4-6-14-9-11-15(12-10-14)16-7-5-8-17(13-16)18-2/h5,7-13H,3-4,6H2,1-2H3. The van der Waals surface area contributed by atoms with Crippen LogP contribution in [0.4, 0.5) is 0 Å². The summed E-state index contributed by atoms with van der Waals surface area (Å²) in [6.45, 7) is 2.23. The normalized spacial score (nSPS) is 10.3. The second-order valence-corrected chi connectivity index (χ2v) is 4.53. The minimum absolute atomic E-state index is 0.905. The Kier molecular flexibility index (Phi) is 4.40. The van der Waals surface area contributed by atoms with Gasteiger partial charge in [-0.2, -0.15) is 0 Å². The van der Waals surface area contributed by atoms with Crippen LogP contribution in [0, 0.1) is 0 Å². The molecule has 0 saturated carbocycles. The third-order valence-electron chi connectivity index (χ3n) is 3.18. The highest BCUT2D eigenvalue weighted by Crippen LogP contribution is 2.24. The number of methoxy groups -OCH3 is 1. The Morgan fingerprint density at radius 3 is 2.39 bits per heavy atom. The second-order valence-electron chi connectivity index (χ2n) is 4.53. The fourth-order valence-corrected chi connectivity index (χ4v) is 2.05. The van der Waals surface area contributed by atoms with Crippen molar-refractivity contribution in [3.63, 3.8) is 0 Å². The highest BCUT2D eigenvalue weighted by molar-refractivity contribution is 5.65. The van der Waals surface area contributed by atoms with Gasteiger partial charge < -0.3 is 4.74 Å². The van der Waals surface area contributed by atoms with Gasteiger partial charge in [0.15, 0.2) is 0 Å². The van der Waals surface area contributed by atoms with Crippen LogP contribution in [0.2, 0.25) is 0 Å². The molecule has 0 heterocycles. The molecule has 0 aliphatic heterocycles. The summed E-state index contributed by atoms with van der Waals surface area (Å²) < 4.78 is 5.25. The minimum atomic E-state index is 0.905. The first-order valence-electron chi connectivity index (χ1n) is 6.57. The number of hydrogen-bond donors (Lipinski definition) is 0. The van der Waals surface area contributed by atoms with Crippen LogP contribution in [0.3, 0.4) is 0 Å². The minimum Gasteiger partial charge on any atom is -0.497 e. The second kappa shape index (κ2) is 6.25. The Hall–Kier alpha value is -1.76. The molecular weight excluding hydrogens is 220 g/mol.